The quantitative estimate of drug-likeness (QED) is 0.840. The maximum Gasteiger partial charge on any atom is 0.171 e. The van der Waals surface area contributed by atoms with Gasteiger partial charge in [-0.15, -0.1) is 0 Å². The number of benzene rings is 1. The van der Waals surface area contributed by atoms with Gasteiger partial charge < -0.3 is 10.6 Å². The maximum atomic E-state index is 9.94. The van der Waals surface area contributed by atoms with Gasteiger partial charge in [0, 0.05) is 30.5 Å². The first kappa shape index (κ1) is 17.1. The predicted octanol–water partition coefficient (Wildman–Crippen LogP) is 2.69. The lowest BCUT2D eigenvalue weighted by molar-refractivity contribution is 0.230. The molecule has 2 aliphatic rings. The lowest BCUT2D eigenvalue weighted by atomic mass is 9.56. The molecule has 0 saturated carbocycles. The van der Waals surface area contributed by atoms with E-state index in [1.807, 2.05) is 36.4 Å². The summed E-state index contributed by atoms with van der Waals surface area (Å²) in [6.45, 7) is 0.574. The van der Waals surface area contributed by atoms with Gasteiger partial charge in [0.2, 0.25) is 0 Å². The average molecular weight is 350 g/mol. The topological polar surface area (TPSA) is 101 Å². The van der Waals surface area contributed by atoms with Crippen molar-refractivity contribution in [3.05, 3.63) is 58.3 Å². The fourth-order valence-electron chi connectivity index (χ4n) is 3.92. The van der Waals surface area contributed by atoms with E-state index in [1.165, 1.54) is 0 Å². The van der Waals surface area contributed by atoms with E-state index < -0.39 is 17.4 Å². The minimum Gasteiger partial charge on any atom is -0.380 e. The summed E-state index contributed by atoms with van der Waals surface area (Å²) >= 11 is 6.41. The highest BCUT2D eigenvalue weighted by atomic mass is 35.5. The smallest absolute Gasteiger partial charge is 0.171 e. The zero-order chi connectivity index (χ0) is 18.2. The third-order valence-corrected chi connectivity index (χ3v) is 5.47. The van der Waals surface area contributed by atoms with Crippen LogP contribution >= 0.6 is 11.6 Å². The van der Waals surface area contributed by atoms with Gasteiger partial charge in [-0.1, -0.05) is 29.8 Å². The summed E-state index contributed by atoms with van der Waals surface area (Å²) in [6.07, 6.45) is 3.74. The molecule has 0 aromatic heterocycles. The van der Waals surface area contributed by atoms with E-state index in [0.717, 1.165) is 5.57 Å². The van der Waals surface area contributed by atoms with Gasteiger partial charge in [0.15, 0.2) is 5.41 Å². The predicted molar refractivity (Wildman–Crippen MR) is 93.7 cm³/mol. The van der Waals surface area contributed by atoms with Gasteiger partial charge in [-0.05, 0) is 29.5 Å². The highest BCUT2D eigenvalue weighted by Gasteiger charge is 2.56. The molecule has 124 valence electrons. The lowest BCUT2D eigenvalue weighted by Crippen LogP contribution is -2.53. The molecule has 1 aliphatic carbocycles. The molecule has 0 radical (unpaired) electrons. The Balaban J connectivity index is 2.35. The Morgan fingerprint density at radius 2 is 1.92 bits per heavy atom. The highest BCUT2D eigenvalue weighted by molar-refractivity contribution is 6.31. The summed E-state index contributed by atoms with van der Waals surface area (Å²) in [5.41, 5.74) is 6.54. The van der Waals surface area contributed by atoms with Crippen LogP contribution in [0.1, 0.15) is 11.5 Å². The minimum atomic E-state index is -1.56. The van der Waals surface area contributed by atoms with Gasteiger partial charge >= 0.3 is 0 Å². The molecule has 1 aromatic rings. The number of fused-ring (bicyclic) bond motifs is 1. The van der Waals surface area contributed by atoms with Crippen molar-refractivity contribution in [1.82, 2.24) is 4.90 Å². The van der Waals surface area contributed by atoms with Crippen molar-refractivity contribution in [1.29, 1.82) is 15.8 Å². The van der Waals surface area contributed by atoms with Crippen LogP contribution in [-0.4, -0.2) is 24.5 Å². The molecule has 25 heavy (non-hydrogen) atoms. The molecule has 2 unspecified atom stereocenters. The van der Waals surface area contributed by atoms with Gasteiger partial charge in [0.1, 0.15) is 0 Å². The van der Waals surface area contributed by atoms with Crippen LogP contribution in [0, 0.1) is 45.3 Å². The van der Waals surface area contributed by atoms with Crippen LogP contribution < -0.4 is 5.73 Å². The molecular weight excluding hydrogens is 334 g/mol. The largest absolute Gasteiger partial charge is 0.380 e. The van der Waals surface area contributed by atoms with Crippen LogP contribution in [-0.2, 0) is 0 Å². The van der Waals surface area contributed by atoms with E-state index in [9.17, 15) is 15.8 Å². The average Bonchev–Trinajstić information content (AvgIpc) is 2.62. The Hall–Kier alpha value is -2.78. The number of nitrogens with zero attached hydrogens (tertiary/aromatic N) is 4. The molecule has 3 rings (SSSR count). The third-order valence-electron chi connectivity index (χ3n) is 5.13. The molecule has 0 saturated heterocycles. The maximum absolute atomic E-state index is 9.94. The monoisotopic (exact) mass is 349 g/mol. The Morgan fingerprint density at radius 3 is 2.52 bits per heavy atom. The van der Waals surface area contributed by atoms with Crippen molar-refractivity contribution >= 4 is 11.6 Å². The summed E-state index contributed by atoms with van der Waals surface area (Å²) in [6, 6.07) is 12.6. The zero-order valence-corrected chi connectivity index (χ0v) is 14.4. The van der Waals surface area contributed by atoms with Crippen molar-refractivity contribution in [2.45, 2.75) is 12.0 Å². The zero-order valence-electron chi connectivity index (χ0n) is 13.6. The first-order valence-corrected chi connectivity index (χ1v) is 8.23. The van der Waals surface area contributed by atoms with E-state index in [1.54, 1.807) is 12.1 Å². The van der Waals surface area contributed by atoms with E-state index in [4.69, 9.17) is 17.3 Å². The Kier molecular flexibility index (Phi) is 4.27. The summed E-state index contributed by atoms with van der Waals surface area (Å²) in [7, 11) is 1.91. The van der Waals surface area contributed by atoms with E-state index in [0.29, 0.717) is 22.7 Å². The second-order valence-corrected chi connectivity index (χ2v) is 6.82. The summed E-state index contributed by atoms with van der Waals surface area (Å²) in [4.78, 5) is 1.98. The second-order valence-electron chi connectivity index (χ2n) is 6.41. The second kappa shape index (κ2) is 6.26. The number of allylic oxidation sites excluding steroid dienone is 1. The number of nitriles is 3. The molecule has 0 spiro atoms. The van der Waals surface area contributed by atoms with Crippen LogP contribution in [0.3, 0.4) is 0 Å². The fourth-order valence-corrected chi connectivity index (χ4v) is 4.17. The first-order chi connectivity index (χ1) is 12.0. The number of hydrogen-bond donors (Lipinski definition) is 1. The normalized spacial score (nSPS) is 27.0. The van der Waals surface area contributed by atoms with Gasteiger partial charge in [-0.25, -0.2) is 0 Å². The Labute approximate surface area is 151 Å². The Bertz CT molecular complexity index is 882. The van der Waals surface area contributed by atoms with E-state index in [2.05, 4.69) is 18.2 Å². The highest BCUT2D eigenvalue weighted by Crippen LogP contribution is 2.53. The van der Waals surface area contributed by atoms with Crippen molar-refractivity contribution in [2.75, 3.05) is 13.6 Å². The summed E-state index contributed by atoms with van der Waals surface area (Å²) in [5, 5.41) is 30.0. The van der Waals surface area contributed by atoms with Crippen molar-refractivity contribution in [3.63, 3.8) is 0 Å². The SMILES string of the molecule is CN1C=CC2=C(C#N)C(N)C(C#N)(C#N)C(c3ccccc3Cl)[C@H]2C1. The van der Waals surface area contributed by atoms with Crippen molar-refractivity contribution in [3.8, 4) is 18.2 Å². The number of halogens is 1. The third kappa shape index (κ3) is 2.39. The first-order valence-electron chi connectivity index (χ1n) is 7.85. The molecule has 1 aliphatic heterocycles. The van der Waals surface area contributed by atoms with Crippen LogP contribution in [0.25, 0.3) is 0 Å². The summed E-state index contributed by atoms with van der Waals surface area (Å²) < 4.78 is 0. The standard InChI is InChI=1S/C19H16ClN5/c1-25-7-6-12-14(8-21)18(24)19(10-22,11-23)17(15(12)9-25)13-4-2-3-5-16(13)20/h2-7,15,17-18H,9,24H2,1H3/t15-,17?,18?/m0/s1. The van der Waals surface area contributed by atoms with Gasteiger partial charge in [-0.2, -0.15) is 15.8 Å². The lowest BCUT2D eigenvalue weighted by Gasteiger charge is -2.46. The summed E-state index contributed by atoms with van der Waals surface area (Å²) in [5.74, 6) is -0.741. The number of rotatable bonds is 1. The molecule has 5 nitrogen and oxygen atoms in total. The molecule has 0 amide bonds. The minimum absolute atomic E-state index is 0.219. The molecule has 6 heteroatoms. The fraction of sp³-hybridized carbons (Fsp3) is 0.316. The van der Waals surface area contributed by atoms with E-state index in [-0.39, 0.29) is 5.92 Å². The molecule has 0 fully saturated rings. The van der Waals surface area contributed by atoms with Gasteiger partial charge in [0.05, 0.1) is 29.8 Å². The Morgan fingerprint density at radius 1 is 1.24 bits per heavy atom. The van der Waals surface area contributed by atoms with Crippen LogP contribution in [0.2, 0.25) is 5.02 Å². The number of hydrogen-bond acceptors (Lipinski definition) is 5. The van der Waals surface area contributed by atoms with Crippen LogP contribution in [0.15, 0.2) is 47.7 Å². The number of nitrogens with two attached hydrogens (primary N) is 1. The van der Waals surface area contributed by atoms with Crippen LogP contribution in [0.4, 0.5) is 0 Å². The molecular formula is C19H16ClN5. The van der Waals surface area contributed by atoms with Gasteiger partial charge in [-0.3, -0.25) is 0 Å². The molecule has 1 heterocycles. The molecule has 0 bridgehead atoms. The van der Waals surface area contributed by atoms with E-state index >= 15 is 0 Å². The molecule has 1 aromatic carbocycles. The van der Waals surface area contributed by atoms with Crippen molar-refractivity contribution in [2.24, 2.45) is 17.1 Å². The van der Waals surface area contributed by atoms with Crippen molar-refractivity contribution < 1.29 is 0 Å². The van der Waals surface area contributed by atoms with Gasteiger partial charge in [0.25, 0.3) is 0 Å². The molecule has 3 atom stereocenters. The van der Waals surface area contributed by atoms with Crippen LogP contribution in [0.5, 0.6) is 0 Å². The molecule has 2 N–H and O–H groups in total.